The van der Waals surface area contributed by atoms with Crippen LogP contribution in [0.1, 0.15) is 31.2 Å². The van der Waals surface area contributed by atoms with Crippen molar-refractivity contribution < 1.29 is 14.7 Å². The number of nitrogens with zero attached hydrogens (tertiary/aromatic N) is 1. The minimum atomic E-state index is -0.831. The molecule has 1 heterocycles. The van der Waals surface area contributed by atoms with Gasteiger partial charge in [0.15, 0.2) is 0 Å². The first-order chi connectivity index (χ1) is 9.66. The molecule has 1 aliphatic rings. The predicted molar refractivity (Wildman–Crippen MR) is 76.8 cm³/mol. The third kappa shape index (κ3) is 3.98. The number of rotatable bonds is 4. The lowest BCUT2D eigenvalue weighted by Gasteiger charge is -2.27. The molecule has 0 atom stereocenters. The summed E-state index contributed by atoms with van der Waals surface area (Å²) in [5.41, 5.74) is 1.57. The van der Waals surface area contributed by atoms with Crippen LogP contribution in [0, 0.1) is 0 Å². The van der Waals surface area contributed by atoms with Crippen molar-refractivity contribution in [1.82, 2.24) is 4.90 Å². The lowest BCUT2D eigenvalue weighted by Crippen LogP contribution is -2.38. The van der Waals surface area contributed by atoms with E-state index in [0.717, 1.165) is 31.5 Å². The number of carboxylic acid groups (broad SMARTS) is 1. The Kier molecular flexibility index (Phi) is 4.98. The molecule has 108 valence electrons. The smallest absolute Gasteiger partial charge is 0.321 e. The molecule has 1 aromatic carbocycles. The molecule has 1 saturated heterocycles. The predicted octanol–water partition coefficient (Wildman–Crippen LogP) is 2.72. The number of hydrogen-bond acceptors (Lipinski definition) is 2. The van der Waals surface area contributed by atoms with Gasteiger partial charge in [-0.3, -0.25) is 4.79 Å². The fourth-order valence-corrected chi connectivity index (χ4v) is 2.39. The zero-order valence-corrected chi connectivity index (χ0v) is 11.5. The Hall–Kier alpha value is -2.04. The molecule has 20 heavy (non-hydrogen) atoms. The van der Waals surface area contributed by atoms with Crippen molar-refractivity contribution in [3.8, 4) is 0 Å². The fourth-order valence-electron chi connectivity index (χ4n) is 2.39. The lowest BCUT2D eigenvalue weighted by atomic mass is 10.1. The minimum Gasteiger partial charge on any atom is -0.481 e. The van der Waals surface area contributed by atoms with E-state index in [0.29, 0.717) is 12.1 Å². The number of hydrogen-bond donors (Lipinski definition) is 2. The van der Waals surface area contributed by atoms with Crippen LogP contribution in [0.3, 0.4) is 0 Å². The summed E-state index contributed by atoms with van der Waals surface area (Å²) in [6, 6.07) is 7.28. The second-order valence-electron chi connectivity index (χ2n) is 5.03. The van der Waals surface area contributed by atoms with Crippen molar-refractivity contribution in [2.24, 2.45) is 0 Å². The Balaban J connectivity index is 2.00. The average Bonchev–Trinajstić information content (AvgIpc) is 2.47. The van der Waals surface area contributed by atoms with Crippen LogP contribution in [-0.4, -0.2) is 35.1 Å². The van der Waals surface area contributed by atoms with Gasteiger partial charge in [0.1, 0.15) is 0 Å². The van der Waals surface area contributed by atoms with Crippen LogP contribution < -0.4 is 5.32 Å². The highest BCUT2D eigenvalue weighted by Gasteiger charge is 2.17. The van der Waals surface area contributed by atoms with E-state index in [2.05, 4.69) is 5.32 Å². The Morgan fingerprint density at radius 2 is 1.85 bits per heavy atom. The van der Waals surface area contributed by atoms with Crippen molar-refractivity contribution in [3.05, 3.63) is 29.8 Å². The number of carbonyl (C=O) groups is 2. The Bertz CT molecular complexity index is 482. The maximum absolute atomic E-state index is 12.2. The molecular formula is C15H20N2O3. The first-order valence-electron chi connectivity index (χ1n) is 7.02. The van der Waals surface area contributed by atoms with Crippen LogP contribution in [0.25, 0.3) is 0 Å². The van der Waals surface area contributed by atoms with Gasteiger partial charge in [-0.2, -0.15) is 0 Å². The summed E-state index contributed by atoms with van der Waals surface area (Å²) < 4.78 is 0. The number of amides is 2. The number of benzene rings is 1. The van der Waals surface area contributed by atoms with Gasteiger partial charge in [-0.05, 0) is 37.3 Å². The van der Waals surface area contributed by atoms with Crippen LogP contribution >= 0.6 is 0 Å². The molecule has 0 aromatic heterocycles. The van der Waals surface area contributed by atoms with Crippen molar-refractivity contribution in [2.45, 2.75) is 32.1 Å². The number of urea groups is 1. The Labute approximate surface area is 118 Å². The number of carboxylic acids is 1. The molecular weight excluding hydrogens is 256 g/mol. The van der Waals surface area contributed by atoms with Gasteiger partial charge in [0.2, 0.25) is 0 Å². The largest absolute Gasteiger partial charge is 0.481 e. The standard InChI is InChI=1S/C15H20N2O3/c18-14(19)9-8-12-6-2-3-7-13(12)16-15(20)17-10-4-1-5-11-17/h2-3,6-7H,1,4-5,8-11H2,(H,16,20)(H,18,19). The number of piperidine rings is 1. The molecule has 2 amide bonds. The van der Waals surface area contributed by atoms with Gasteiger partial charge in [-0.15, -0.1) is 0 Å². The summed E-state index contributed by atoms with van der Waals surface area (Å²) in [4.78, 5) is 24.6. The number of carbonyl (C=O) groups excluding carboxylic acids is 1. The van der Waals surface area contributed by atoms with Gasteiger partial charge in [0.05, 0.1) is 0 Å². The van der Waals surface area contributed by atoms with Gasteiger partial charge < -0.3 is 15.3 Å². The number of anilines is 1. The van der Waals surface area contributed by atoms with Gasteiger partial charge in [0, 0.05) is 25.2 Å². The average molecular weight is 276 g/mol. The molecule has 5 nitrogen and oxygen atoms in total. The molecule has 1 aromatic rings. The van der Waals surface area contributed by atoms with Crippen LogP contribution in [-0.2, 0) is 11.2 Å². The van der Waals surface area contributed by atoms with Gasteiger partial charge in [-0.1, -0.05) is 18.2 Å². The summed E-state index contributed by atoms with van der Waals surface area (Å²) >= 11 is 0. The first-order valence-corrected chi connectivity index (χ1v) is 7.02. The van der Waals surface area contributed by atoms with Crippen LogP contribution in [0.4, 0.5) is 10.5 Å². The quantitative estimate of drug-likeness (QED) is 0.888. The molecule has 0 unspecified atom stereocenters. The molecule has 0 spiro atoms. The third-order valence-corrected chi connectivity index (χ3v) is 3.51. The summed E-state index contributed by atoms with van der Waals surface area (Å²) in [6.45, 7) is 1.59. The van der Waals surface area contributed by atoms with Crippen LogP contribution in [0.2, 0.25) is 0 Å². The molecule has 0 radical (unpaired) electrons. The number of nitrogens with one attached hydrogen (secondary N) is 1. The number of aliphatic carboxylic acids is 1. The normalized spacial score (nSPS) is 14.9. The summed E-state index contributed by atoms with van der Waals surface area (Å²) in [6.07, 6.45) is 3.77. The highest BCUT2D eigenvalue weighted by atomic mass is 16.4. The molecule has 2 rings (SSSR count). The zero-order valence-electron chi connectivity index (χ0n) is 11.5. The topological polar surface area (TPSA) is 69.6 Å². The summed E-state index contributed by atoms with van der Waals surface area (Å²) in [5.74, 6) is -0.831. The van der Waals surface area contributed by atoms with Gasteiger partial charge >= 0.3 is 12.0 Å². The van der Waals surface area contributed by atoms with E-state index in [9.17, 15) is 9.59 Å². The van der Waals surface area contributed by atoms with Gasteiger partial charge in [0.25, 0.3) is 0 Å². The highest BCUT2D eigenvalue weighted by Crippen LogP contribution is 2.18. The number of aryl methyl sites for hydroxylation is 1. The second kappa shape index (κ2) is 6.93. The molecule has 1 fully saturated rings. The van der Waals surface area contributed by atoms with E-state index in [4.69, 9.17) is 5.11 Å². The maximum Gasteiger partial charge on any atom is 0.321 e. The highest BCUT2D eigenvalue weighted by molar-refractivity contribution is 5.90. The lowest BCUT2D eigenvalue weighted by molar-refractivity contribution is -0.136. The molecule has 0 aliphatic carbocycles. The SMILES string of the molecule is O=C(O)CCc1ccccc1NC(=O)N1CCCCC1. The fraction of sp³-hybridized carbons (Fsp3) is 0.467. The summed E-state index contributed by atoms with van der Waals surface area (Å²) in [5, 5.41) is 11.7. The number of likely N-dealkylation sites (tertiary alicyclic amines) is 1. The molecule has 0 bridgehead atoms. The van der Waals surface area contributed by atoms with Crippen molar-refractivity contribution >= 4 is 17.7 Å². The molecule has 1 aliphatic heterocycles. The first kappa shape index (κ1) is 14.4. The van der Waals surface area contributed by atoms with E-state index in [-0.39, 0.29) is 12.5 Å². The zero-order chi connectivity index (χ0) is 14.4. The molecule has 2 N–H and O–H groups in total. The number of para-hydroxylation sites is 1. The van der Waals surface area contributed by atoms with Crippen molar-refractivity contribution in [1.29, 1.82) is 0 Å². The minimum absolute atomic E-state index is 0.0661. The van der Waals surface area contributed by atoms with E-state index >= 15 is 0 Å². The monoisotopic (exact) mass is 276 g/mol. The Morgan fingerprint density at radius 3 is 2.55 bits per heavy atom. The van der Waals surface area contributed by atoms with E-state index < -0.39 is 5.97 Å². The van der Waals surface area contributed by atoms with Gasteiger partial charge in [-0.25, -0.2) is 4.79 Å². The van der Waals surface area contributed by atoms with E-state index in [1.807, 2.05) is 29.2 Å². The van der Waals surface area contributed by atoms with E-state index in [1.54, 1.807) is 0 Å². The molecule has 5 heteroatoms. The van der Waals surface area contributed by atoms with E-state index in [1.165, 1.54) is 6.42 Å². The van der Waals surface area contributed by atoms with Crippen molar-refractivity contribution in [2.75, 3.05) is 18.4 Å². The third-order valence-electron chi connectivity index (χ3n) is 3.51. The Morgan fingerprint density at radius 1 is 1.15 bits per heavy atom. The molecule has 0 saturated carbocycles. The van der Waals surface area contributed by atoms with Crippen LogP contribution in [0.5, 0.6) is 0 Å². The van der Waals surface area contributed by atoms with Crippen molar-refractivity contribution in [3.63, 3.8) is 0 Å². The summed E-state index contributed by atoms with van der Waals surface area (Å²) in [7, 11) is 0. The van der Waals surface area contributed by atoms with Crippen LogP contribution in [0.15, 0.2) is 24.3 Å². The second-order valence-corrected chi connectivity index (χ2v) is 5.03. The maximum atomic E-state index is 12.2.